The zero-order valence-electron chi connectivity index (χ0n) is 27.7. The second-order valence-corrected chi connectivity index (χ2v) is 13.0. The molecular formula is C36H50N2O6S. The van der Waals surface area contributed by atoms with E-state index in [0.29, 0.717) is 25.3 Å². The summed E-state index contributed by atoms with van der Waals surface area (Å²) >= 11 is 1.46. The Morgan fingerprint density at radius 2 is 1.89 bits per heavy atom. The van der Waals surface area contributed by atoms with Gasteiger partial charge in [0.05, 0.1) is 12.6 Å². The van der Waals surface area contributed by atoms with Gasteiger partial charge in [-0.2, -0.15) is 0 Å². The maximum Gasteiger partial charge on any atom is 0.407 e. The number of esters is 1. The molecule has 0 aromatic carbocycles. The molecule has 1 amide bonds. The van der Waals surface area contributed by atoms with Crippen LogP contribution in [-0.2, 0) is 25.6 Å². The molecule has 1 aliphatic rings. The maximum atomic E-state index is 13.1. The third-order valence-corrected chi connectivity index (χ3v) is 8.34. The number of alkyl carbamates (subject to hydrolysis) is 1. The topological polar surface area (TPSA) is 115 Å². The first-order chi connectivity index (χ1) is 21.3. The Morgan fingerprint density at radius 1 is 1.16 bits per heavy atom. The van der Waals surface area contributed by atoms with E-state index in [4.69, 9.17) is 9.47 Å². The van der Waals surface area contributed by atoms with Gasteiger partial charge in [-0.15, -0.1) is 11.3 Å². The Kier molecular flexibility index (Phi) is 16.5. The Labute approximate surface area is 272 Å². The summed E-state index contributed by atoms with van der Waals surface area (Å²) in [7, 11) is 0. The van der Waals surface area contributed by atoms with Gasteiger partial charge in [0.25, 0.3) is 0 Å². The fraction of sp³-hybridized carbons (Fsp3) is 0.500. The molecule has 0 spiro atoms. The van der Waals surface area contributed by atoms with Gasteiger partial charge in [0, 0.05) is 35.9 Å². The predicted octanol–water partition coefficient (Wildman–Crippen LogP) is 7.45. The van der Waals surface area contributed by atoms with Gasteiger partial charge in [0.2, 0.25) is 0 Å². The Balaban J connectivity index is 1.76. The monoisotopic (exact) mass is 638 g/mol. The Morgan fingerprint density at radius 3 is 2.58 bits per heavy atom. The Bertz CT molecular complexity index is 1290. The zero-order chi connectivity index (χ0) is 33.4. The van der Waals surface area contributed by atoms with Crippen molar-refractivity contribution in [1.82, 2.24) is 10.3 Å². The summed E-state index contributed by atoms with van der Waals surface area (Å²) in [4.78, 5) is 40.5. The van der Waals surface area contributed by atoms with Crippen LogP contribution >= 0.6 is 11.3 Å². The highest BCUT2D eigenvalue weighted by Crippen LogP contribution is 2.24. The van der Waals surface area contributed by atoms with Gasteiger partial charge in [0.1, 0.15) is 23.5 Å². The van der Waals surface area contributed by atoms with Crippen LogP contribution in [0.3, 0.4) is 0 Å². The van der Waals surface area contributed by atoms with E-state index in [1.807, 2.05) is 76.5 Å². The van der Waals surface area contributed by atoms with Gasteiger partial charge >= 0.3 is 12.1 Å². The first-order valence-corrected chi connectivity index (χ1v) is 16.5. The summed E-state index contributed by atoms with van der Waals surface area (Å²) < 4.78 is 10.5. The van der Waals surface area contributed by atoms with Crippen LogP contribution in [-0.4, -0.2) is 46.8 Å². The van der Waals surface area contributed by atoms with Crippen LogP contribution in [0.25, 0.3) is 0 Å². The van der Waals surface area contributed by atoms with Crippen molar-refractivity contribution in [2.45, 2.75) is 86.5 Å². The largest absolute Gasteiger partial charge is 0.455 e. The number of ether oxygens (including phenoxy) is 2. The fourth-order valence-electron chi connectivity index (χ4n) is 5.07. The number of carbonyl (C=O) groups excluding carboxylic acids is 3. The fourth-order valence-corrected chi connectivity index (χ4v) is 5.63. The van der Waals surface area contributed by atoms with Crippen molar-refractivity contribution in [3.63, 3.8) is 0 Å². The van der Waals surface area contributed by atoms with Crippen LogP contribution in [0.15, 0.2) is 83.0 Å². The number of aromatic nitrogens is 1. The van der Waals surface area contributed by atoms with Gasteiger partial charge in [-0.1, -0.05) is 80.9 Å². The Hall–Kier alpha value is -3.56. The number of nitrogens with one attached hydrogen (secondary N) is 1. The van der Waals surface area contributed by atoms with Crippen molar-refractivity contribution < 1.29 is 29.0 Å². The van der Waals surface area contributed by atoms with Gasteiger partial charge in [0.15, 0.2) is 0 Å². The molecule has 0 fully saturated rings. The summed E-state index contributed by atoms with van der Waals surface area (Å²) in [5.74, 6) is -0.964. The minimum atomic E-state index is -0.790. The molecule has 6 atom stereocenters. The molecule has 0 saturated carbocycles. The minimum Gasteiger partial charge on any atom is -0.455 e. The van der Waals surface area contributed by atoms with Crippen LogP contribution in [0.4, 0.5) is 4.79 Å². The van der Waals surface area contributed by atoms with E-state index in [0.717, 1.165) is 28.1 Å². The first-order valence-electron chi connectivity index (χ1n) is 15.6. The maximum absolute atomic E-state index is 13.1. The van der Waals surface area contributed by atoms with Crippen LogP contribution < -0.4 is 5.32 Å². The number of nitrogens with zero attached hydrogens (tertiary/aromatic N) is 1. The van der Waals surface area contributed by atoms with Gasteiger partial charge < -0.3 is 19.9 Å². The van der Waals surface area contributed by atoms with Gasteiger partial charge in [-0.3, -0.25) is 4.79 Å². The number of amides is 1. The molecule has 1 aliphatic heterocycles. The number of hydrogen-bond donors (Lipinski definition) is 2. The molecule has 2 heterocycles. The molecule has 1 aromatic heterocycles. The molecule has 246 valence electrons. The number of ketones is 1. The lowest BCUT2D eigenvalue weighted by Gasteiger charge is -2.26. The molecule has 0 radical (unpaired) electrons. The van der Waals surface area contributed by atoms with E-state index in [1.165, 1.54) is 17.4 Å². The average Bonchev–Trinajstić information content (AvgIpc) is 3.51. The summed E-state index contributed by atoms with van der Waals surface area (Å²) in [5, 5.41) is 16.3. The van der Waals surface area contributed by atoms with E-state index in [9.17, 15) is 19.5 Å². The molecule has 8 nitrogen and oxygen atoms in total. The normalized spacial score (nSPS) is 19.7. The number of cyclic esters (lactones) is 1. The first kappa shape index (κ1) is 37.6. The van der Waals surface area contributed by atoms with Crippen molar-refractivity contribution in [1.29, 1.82) is 0 Å². The molecule has 0 bridgehead atoms. The summed E-state index contributed by atoms with van der Waals surface area (Å²) in [6.45, 7) is 14.1. The number of aliphatic hydroxyl groups excluding tert-OH is 1. The van der Waals surface area contributed by atoms with Crippen LogP contribution in [0.1, 0.15) is 72.7 Å². The quantitative estimate of drug-likeness (QED) is 0.103. The highest BCUT2D eigenvalue weighted by molar-refractivity contribution is 7.09. The van der Waals surface area contributed by atoms with E-state index in [2.05, 4.69) is 29.4 Å². The smallest absolute Gasteiger partial charge is 0.407 e. The number of thiazole rings is 1. The molecule has 9 heteroatoms. The third-order valence-electron chi connectivity index (χ3n) is 7.56. The number of aliphatic hydroxyl groups is 1. The van der Waals surface area contributed by atoms with Crippen LogP contribution in [0, 0.1) is 23.7 Å². The molecule has 2 rings (SSSR count). The standard InChI is InChI=1S/C36H50N2O6S/c1-24(20-26(3)14-15-31-12-9-13-33(39)44-31)10-8-11-25(2)21-28(5)34(40)30(7)35(41)29(6)22-27(4)16-18-43-36(42)38-23-32-37-17-19-45-32/h8-9,11,13-17,19-21,24,28-31,35,41H,10,12,18,22-23H2,1-7H3,(H,38,42)/b11-8+,15-14+,25-21+,26-20-,27-16+/t24-,28-,29+,30-,31-,35-/m1/s1. The third kappa shape index (κ3) is 14.8. The molecule has 2 N–H and O–H groups in total. The van der Waals surface area contributed by atoms with Gasteiger partial charge in [-0.05, 0) is 57.6 Å². The van der Waals surface area contributed by atoms with E-state index in [1.54, 1.807) is 13.1 Å². The lowest BCUT2D eigenvalue weighted by atomic mass is 9.83. The number of Topliss-reactive ketones (excluding diaryl/α,β-unsaturated/α-hetero) is 1. The SMILES string of the molecule is CC(=C/[C@H](C)C/C=C/C(C)=C/[C@@H](C)C(=O)[C@@H](C)[C@H](O)[C@@H](C)C/C(C)=C/COC(=O)NCc1nccs1)/C=C/[C@H]1CC=CC(=O)O1. The summed E-state index contributed by atoms with van der Waals surface area (Å²) in [5.41, 5.74) is 3.09. The second-order valence-electron chi connectivity index (χ2n) is 12.0. The minimum absolute atomic E-state index is 0.00168. The second kappa shape index (κ2) is 19.7. The molecular weight excluding hydrogens is 588 g/mol. The molecule has 0 aliphatic carbocycles. The number of carbonyl (C=O) groups is 3. The van der Waals surface area contributed by atoms with Crippen molar-refractivity contribution in [3.05, 3.63) is 88.0 Å². The highest BCUT2D eigenvalue weighted by Gasteiger charge is 2.29. The lowest BCUT2D eigenvalue weighted by Crippen LogP contribution is -2.34. The van der Waals surface area contributed by atoms with Crippen molar-refractivity contribution >= 4 is 29.2 Å². The average molecular weight is 639 g/mol. The molecule has 1 aromatic rings. The highest BCUT2D eigenvalue weighted by atomic mass is 32.1. The van der Waals surface area contributed by atoms with E-state index < -0.39 is 18.1 Å². The summed E-state index contributed by atoms with van der Waals surface area (Å²) in [6, 6.07) is 0. The van der Waals surface area contributed by atoms with E-state index >= 15 is 0 Å². The summed E-state index contributed by atoms with van der Waals surface area (Å²) in [6.07, 6.45) is 19.6. The predicted molar refractivity (Wildman–Crippen MR) is 180 cm³/mol. The molecule has 0 unspecified atom stereocenters. The van der Waals surface area contributed by atoms with Crippen molar-refractivity contribution in [2.75, 3.05) is 6.61 Å². The molecule has 0 saturated heterocycles. The van der Waals surface area contributed by atoms with E-state index in [-0.39, 0.29) is 36.3 Å². The number of hydrogen-bond acceptors (Lipinski definition) is 8. The van der Waals surface area contributed by atoms with Crippen LogP contribution in [0.2, 0.25) is 0 Å². The molecule has 45 heavy (non-hydrogen) atoms. The van der Waals surface area contributed by atoms with Crippen LogP contribution in [0.5, 0.6) is 0 Å². The number of allylic oxidation sites excluding steroid dienone is 8. The lowest BCUT2D eigenvalue weighted by molar-refractivity contribution is -0.141. The van der Waals surface area contributed by atoms with Crippen molar-refractivity contribution in [2.24, 2.45) is 23.7 Å². The van der Waals surface area contributed by atoms with Gasteiger partial charge in [-0.25, -0.2) is 14.6 Å². The number of rotatable bonds is 17. The van der Waals surface area contributed by atoms with Crippen molar-refractivity contribution in [3.8, 4) is 0 Å². The zero-order valence-corrected chi connectivity index (χ0v) is 28.5.